The SMILES string of the molecule is O=C(CN1CCN(Cc2c(F)cccc2Cl)CC1)NC1CC1. The Morgan fingerprint density at radius 1 is 1.23 bits per heavy atom. The Labute approximate surface area is 135 Å². The number of benzene rings is 1. The van der Waals surface area contributed by atoms with Gasteiger partial charge in [-0.2, -0.15) is 0 Å². The lowest BCUT2D eigenvalue weighted by atomic mass is 10.2. The zero-order chi connectivity index (χ0) is 15.5. The van der Waals surface area contributed by atoms with Crippen LogP contribution < -0.4 is 5.32 Å². The van der Waals surface area contributed by atoms with Crippen LogP contribution in [0.3, 0.4) is 0 Å². The number of piperazine rings is 1. The fourth-order valence-electron chi connectivity index (χ4n) is 2.72. The third-order valence-corrected chi connectivity index (χ3v) is 4.57. The first-order valence-electron chi connectivity index (χ1n) is 7.79. The van der Waals surface area contributed by atoms with Crippen molar-refractivity contribution in [2.45, 2.75) is 25.4 Å². The number of hydrogen-bond donors (Lipinski definition) is 1. The minimum atomic E-state index is -0.251. The van der Waals surface area contributed by atoms with Gasteiger partial charge in [0.2, 0.25) is 5.91 Å². The van der Waals surface area contributed by atoms with Crippen LogP contribution in [0.2, 0.25) is 5.02 Å². The number of carbonyl (C=O) groups is 1. The summed E-state index contributed by atoms with van der Waals surface area (Å²) in [5, 5.41) is 3.48. The summed E-state index contributed by atoms with van der Waals surface area (Å²) in [6.07, 6.45) is 2.23. The zero-order valence-electron chi connectivity index (χ0n) is 12.5. The van der Waals surface area contributed by atoms with E-state index in [-0.39, 0.29) is 11.7 Å². The van der Waals surface area contributed by atoms with E-state index in [1.165, 1.54) is 6.07 Å². The minimum absolute atomic E-state index is 0.119. The van der Waals surface area contributed by atoms with E-state index in [0.29, 0.717) is 29.7 Å². The number of carbonyl (C=O) groups excluding carboxylic acids is 1. The number of rotatable bonds is 5. The van der Waals surface area contributed by atoms with Crippen molar-refractivity contribution in [3.63, 3.8) is 0 Å². The predicted molar refractivity (Wildman–Crippen MR) is 84.3 cm³/mol. The molecular weight excluding hydrogens is 305 g/mol. The monoisotopic (exact) mass is 325 g/mol. The van der Waals surface area contributed by atoms with Gasteiger partial charge in [-0.3, -0.25) is 14.6 Å². The first kappa shape index (κ1) is 15.7. The van der Waals surface area contributed by atoms with Crippen molar-refractivity contribution in [3.8, 4) is 0 Å². The fourth-order valence-corrected chi connectivity index (χ4v) is 2.94. The lowest BCUT2D eigenvalue weighted by molar-refractivity contribution is -0.122. The van der Waals surface area contributed by atoms with Crippen LogP contribution in [-0.2, 0) is 11.3 Å². The molecule has 0 spiro atoms. The maximum atomic E-state index is 13.8. The van der Waals surface area contributed by atoms with Gasteiger partial charge >= 0.3 is 0 Å². The standard InChI is InChI=1S/C16H21ClFN3O/c17-14-2-1-3-15(18)13(14)10-20-6-8-21(9-7-20)11-16(22)19-12-4-5-12/h1-3,12H,4-11H2,(H,19,22). The maximum Gasteiger partial charge on any atom is 0.234 e. The Balaban J connectivity index is 1.46. The molecule has 6 heteroatoms. The topological polar surface area (TPSA) is 35.6 Å². The summed E-state index contributed by atoms with van der Waals surface area (Å²) in [5.41, 5.74) is 0.559. The molecule has 1 heterocycles. The molecule has 1 aromatic rings. The van der Waals surface area contributed by atoms with Crippen molar-refractivity contribution in [1.29, 1.82) is 0 Å². The molecule has 0 radical (unpaired) electrons. The third-order valence-electron chi connectivity index (χ3n) is 4.22. The molecule has 2 aliphatic rings. The van der Waals surface area contributed by atoms with Gasteiger partial charge < -0.3 is 5.32 Å². The summed E-state index contributed by atoms with van der Waals surface area (Å²) in [5.74, 6) is -0.133. The van der Waals surface area contributed by atoms with Crippen molar-refractivity contribution in [2.24, 2.45) is 0 Å². The Kier molecular flexibility index (Phi) is 4.96. The fraction of sp³-hybridized carbons (Fsp3) is 0.562. The number of nitrogens with one attached hydrogen (secondary N) is 1. The lowest BCUT2D eigenvalue weighted by Crippen LogP contribution is -2.49. The number of amides is 1. The van der Waals surface area contributed by atoms with E-state index in [2.05, 4.69) is 15.1 Å². The molecule has 1 aliphatic carbocycles. The Hall–Kier alpha value is -1.17. The zero-order valence-corrected chi connectivity index (χ0v) is 13.3. The van der Waals surface area contributed by atoms with Crippen molar-refractivity contribution < 1.29 is 9.18 Å². The highest BCUT2D eigenvalue weighted by Gasteiger charge is 2.25. The number of hydrogen-bond acceptors (Lipinski definition) is 3. The molecule has 1 aromatic carbocycles. The van der Waals surface area contributed by atoms with Gasteiger partial charge in [0.15, 0.2) is 0 Å². The first-order valence-corrected chi connectivity index (χ1v) is 8.16. The highest BCUT2D eigenvalue weighted by Crippen LogP contribution is 2.21. The number of nitrogens with zero attached hydrogens (tertiary/aromatic N) is 2. The summed E-state index contributed by atoms with van der Waals surface area (Å²) in [7, 11) is 0. The molecule has 2 fully saturated rings. The van der Waals surface area contributed by atoms with E-state index in [1.54, 1.807) is 12.1 Å². The highest BCUT2D eigenvalue weighted by molar-refractivity contribution is 6.31. The third kappa shape index (κ3) is 4.18. The summed E-state index contributed by atoms with van der Waals surface area (Å²) >= 11 is 6.07. The minimum Gasteiger partial charge on any atom is -0.352 e. The van der Waals surface area contributed by atoms with E-state index in [1.807, 2.05) is 0 Å². The largest absolute Gasteiger partial charge is 0.352 e. The second-order valence-corrected chi connectivity index (χ2v) is 6.50. The molecule has 0 atom stereocenters. The Morgan fingerprint density at radius 3 is 2.55 bits per heavy atom. The average Bonchev–Trinajstić information content (AvgIpc) is 3.29. The maximum absolute atomic E-state index is 13.8. The lowest BCUT2D eigenvalue weighted by Gasteiger charge is -2.34. The molecule has 4 nitrogen and oxygen atoms in total. The van der Waals surface area contributed by atoms with E-state index in [0.717, 1.165) is 39.0 Å². The molecule has 120 valence electrons. The Morgan fingerprint density at radius 2 is 1.91 bits per heavy atom. The molecule has 22 heavy (non-hydrogen) atoms. The van der Waals surface area contributed by atoms with Gasteiger partial charge in [0, 0.05) is 49.4 Å². The molecule has 1 saturated carbocycles. The van der Waals surface area contributed by atoms with Crippen LogP contribution >= 0.6 is 11.6 Å². The van der Waals surface area contributed by atoms with E-state index >= 15 is 0 Å². The van der Waals surface area contributed by atoms with Crippen LogP contribution in [0, 0.1) is 5.82 Å². The van der Waals surface area contributed by atoms with Gasteiger partial charge in [-0.05, 0) is 25.0 Å². The van der Waals surface area contributed by atoms with Gasteiger partial charge in [-0.25, -0.2) is 4.39 Å². The van der Waals surface area contributed by atoms with Gasteiger partial charge in [0.25, 0.3) is 0 Å². The Bertz CT molecular complexity index is 522. The molecular formula is C16H21ClFN3O. The van der Waals surface area contributed by atoms with E-state index < -0.39 is 0 Å². The van der Waals surface area contributed by atoms with Crippen LogP contribution in [0.25, 0.3) is 0 Å². The van der Waals surface area contributed by atoms with Crippen molar-refractivity contribution >= 4 is 17.5 Å². The molecule has 1 amide bonds. The molecule has 0 aromatic heterocycles. The van der Waals surface area contributed by atoms with Crippen molar-refractivity contribution in [3.05, 3.63) is 34.6 Å². The first-order chi connectivity index (χ1) is 10.6. The van der Waals surface area contributed by atoms with Gasteiger partial charge in [-0.15, -0.1) is 0 Å². The van der Waals surface area contributed by atoms with Crippen molar-refractivity contribution in [1.82, 2.24) is 15.1 Å². The summed E-state index contributed by atoms with van der Waals surface area (Å²) in [6.45, 7) is 4.27. The smallest absolute Gasteiger partial charge is 0.234 e. The number of halogens is 2. The summed E-state index contributed by atoms with van der Waals surface area (Å²) < 4.78 is 13.8. The molecule has 3 rings (SSSR count). The second-order valence-electron chi connectivity index (χ2n) is 6.09. The van der Waals surface area contributed by atoms with Crippen LogP contribution in [0.15, 0.2) is 18.2 Å². The normalized spacial score (nSPS) is 20.1. The average molecular weight is 326 g/mol. The highest BCUT2D eigenvalue weighted by atomic mass is 35.5. The summed E-state index contributed by atoms with van der Waals surface area (Å²) in [4.78, 5) is 16.1. The van der Waals surface area contributed by atoms with Gasteiger partial charge in [-0.1, -0.05) is 17.7 Å². The van der Waals surface area contributed by atoms with Crippen LogP contribution in [0.5, 0.6) is 0 Å². The molecule has 1 N–H and O–H groups in total. The van der Waals surface area contributed by atoms with Crippen LogP contribution in [-0.4, -0.2) is 54.5 Å². The van der Waals surface area contributed by atoms with E-state index in [4.69, 9.17) is 11.6 Å². The van der Waals surface area contributed by atoms with Gasteiger partial charge in [0.1, 0.15) is 5.82 Å². The second kappa shape index (κ2) is 6.94. The van der Waals surface area contributed by atoms with E-state index in [9.17, 15) is 9.18 Å². The summed E-state index contributed by atoms with van der Waals surface area (Å²) in [6, 6.07) is 5.20. The molecule has 0 bridgehead atoms. The van der Waals surface area contributed by atoms with Crippen LogP contribution in [0.1, 0.15) is 18.4 Å². The predicted octanol–water partition coefficient (Wildman–Crippen LogP) is 1.88. The molecule has 1 saturated heterocycles. The van der Waals surface area contributed by atoms with Crippen LogP contribution in [0.4, 0.5) is 4.39 Å². The van der Waals surface area contributed by atoms with Gasteiger partial charge in [0.05, 0.1) is 6.54 Å². The quantitative estimate of drug-likeness (QED) is 0.898. The molecule has 0 unspecified atom stereocenters. The molecule has 1 aliphatic heterocycles. The van der Waals surface area contributed by atoms with Crippen molar-refractivity contribution in [2.75, 3.05) is 32.7 Å².